The minimum absolute atomic E-state index is 0.0611. The lowest BCUT2D eigenvalue weighted by molar-refractivity contribution is 0.0741. The van der Waals surface area contributed by atoms with Crippen LogP contribution in [0.15, 0.2) is 0 Å². The SMILES string of the molecule is CCC(O)CCN(C(=O)O)C(C)C(C)(C)C. The van der Waals surface area contributed by atoms with Gasteiger partial charge < -0.3 is 15.1 Å². The molecule has 2 atom stereocenters. The highest BCUT2D eigenvalue weighted by Gasteiger charge is 2.29. The Hall–Kier alpha value is -0.770. The highest BCUT2D eigenvalue weighted by molar-refractivity contribution is 5.65. The zero-order valence-corrected chi connectivity index (χ0v) is 11.0. The van der Waals surface area contributed by atoms with E-state index in [2.05, 4.69) is 0 Å². The Morgan fingerprint density at radius 1 is 1.38 bits per heavy atom. The first-order valence-electron chi connectivity index (χ1n) is 5.87. The van der Waals surface area contributed by atoms with Crippen molar-refractivity contribution in [2.45, 2.75) is 59.6 Å². The standard InChI is InChI=1S/C12H25NO3/c1-6-10(14)7-8-13(11(15)16)9(2)12(3,4)5/h9-10,14H,6-8H2,1-5H3,(H,15,16). The molecular formula is C12H25NO3. The smallest absolute Gasteiger partial charge is 0.407 e. The average Bonchev–Trinajstić information content (AvgIpc) is 2.15. The predicted molar refractivity (Wildman–Crippen MR) is 64.6 cm³/mol. The van der Waals surface area contributed by atoms with Crippen LogP contribution in [0, 0.1) is 5.41 Å². The molecule has 96 valence electrons. The van der Waals surface area contributed by atoms with E-state index in [4.69, 9.17) is 5.11 Å². The molecule has 0 aliphatic carbocycles. The zero-order valence-electron chi connectivity index (χ0n) is 11.0. The molecule has 0 bridgehead atoms. The lowest BCUT2D eigenvalue weighted by atomic mass is 9.87. The van der Waals surface area contributed by atoms with Gasteiger partial charge in [0.2, 0.25) is 0 Å². The van der Waals surface area contributed by atoms with Crippen LogP contribution in [-0.2, 0) is 0 Å². The number of carboxylic acid groups (broad SMARTS) is 1. The van der Waals surface area contributed by atoms with Crippen LogP contribution in [0.5, 0.6) is 0 Å². The van der Waals surface area contributed by atoms with E-state index in [0.717, 1.165) is 0 Å². The number of hydrogen-bond acceptors (Lipinski definition) is 2. The van der Waals surface area contributed by atoms with E-state index in [1.807, 2.05) is 34.6 Å². The van der Waals surface area contributed by atoms with Crippen LogP contribution in [-0.4, -0.2) is 39.9 Å². The second-order valence-corrected chi connectivity index (χ2v) is 5.37. The van der Waals surface area contributed by atoms with E-state index in [0.29, 0.717) is 19.4 Å². The topological polar surface area (TPSA) is 60.8 Å². The summed E-state index contributed by atoms with van der Waals surface area (Å²) in [6, 6.07) is -0.0611. The molecule has 4 heteroatoms. The van der Waals surface area contributed by atoms with E-state index in [-0.39, 0.29) is 11.5 Å². The Balaban J connectivity index is 4.45. The van der Waals surface area contributed by atoms with Crippen molar-refractivity contribution in [3.63, 3.8) is 0 Å². The molecule has 0 aliphatic rings. The van der Waals surface area contributed by atoms with Gasteiger partial charge in [-0.3, -0.25) is 0 Å². The number of aliphatic hydroxyl groups excluding tert-OH is 1. The van der Waals surface area contributed by atoms with Crippen LogP contribution in [0.3, 0.4) is 0 Å². The van der Waals surface area contributed by atoms with Gasteiger partial charge in [0.25, 0.3) is 0 Å². The summed E-state index contributed by atoms with van der Waals surface area (Å²) in [6.45, 7) is 10.2. The van der Waals surface area contributed by atoms with Gasteiger partial charge in [0, 0.05) is 12.6 Å². The highest BCUT2D eigenvalue weighted by Crippen LogP contribution is 2.24. The third-order valence-corrected chi connectivity index (χ3v) is 3.14. The van der Waals surface area contributed by atoms with Gasteiger partial charge in [-0.15, -0.1) is 0 Å². The third-order valence-electron chi connectivity index (χ3n) is 3.14. The molecule has 0 saturated heterocycles. The van der Waals surface area contributed by atoms with Crippen LogP contribution >= 0.6 is 0 Å². The van der Waals surface area contributed by atoms with E-state index < -0.39 is 12.2 Å². The second kappa shape index (κ2) is 6.09. The molecule has 2 N–H and O–H groups in total. The number of carbonyl (C=O) groups is 1. The molecule has 0 aromatic heterocycles. The molecule has 0 aromatic rings. The minimum Gasteiger partial charge on any atom is -0.465 e. The minimum atomic E-state index is -0.911. The summed E-state index contributed by atoms with van der Waals surface area (Å²) >= 11 is 0. The monoisotopic (exact) mass is 231 g/mol. The summed E-state index contributed by atoms with van der Waals surface area (Å²) in [4.78, 5) is 12.5. The summed E-state index contributed by atoms with van der Waals surface area (Å²) in [6.07, 6.45) is -0.152. The van der Waals surface area contributed by atoms with Crippen LogP contribution in [0.1, 0.15) is 47.5 Å². The van der Waals surface area contributed by atoms with Gasteiger partial charge in [0.1, 0.15) is 0 Å². The summed E-state index contributed by atoms with van der Waals surface area (Å²) in [7, 11) is 0. The molecule has 0 rings (SSSR count). The first kappa shape index (κ1) is 15.2. The van der Waals surface area contributed by atoms with Crippen molar-refractivity contribution in [2.24, 2.45) is 5.41 Å². The molecular weight excluding hydrogens is 206 g/mol. The highest BCUT2D eigenvalue weighted by atomic mass is 16.4. The lowest BCUT2D eigenvalue weighted by Crippen LogP contribution is -2.46. The van der Waals surface area contributed by atoms with Crippen molar-refractivity contribution in [2.75, 3.05) is 6.54 Å². The number of rotatable bonds is 5. The third kappa shape index (κ3) is 4.84. The fourth-order valence-corrected chi connectivity index (χ4v) is 1.41. The van der Waals surface area contributed by atoms with E-state index in [9.17, 15) is 9.90 Å². The van der Waals surface area contributed by atoms with Crippen molar-refractivity contribution in [3.8, 4) is 0 Å². The molecule has 0 fully saturated rings. The van der Waals surface area contributed by atoms with E-state index in [1.54, 1.807) is 0 Å². The van der Waals surface area contributed by atoms with Crippen molar-refractivity contribution < 1.29 is 15.0 Å². The van der Waals surface area contributed by atoms with Crippen molar-refractivity contribution in [1.82, 2.24) is 4.90 Å². The molecule has 16 heavy (non-hydrogen) atoms. The van der Waals surface area contributed by atoms with Gasteiger partial charge in [0.05, 0.1) is 6.10 Å². The Morgan fingerprint density at radius 2 is 1.88 bits per heavy atom. The molecule has 0 saturated carbocycles. The van der Waals surface area contributed by atoms with Crippen LogP contribution in [0.25, 0.3) is 0 Å². The first-order chi connectivity index (χ1) is 7.20. The normalized spacial score (nSPS) is 15.6. The van der Waals surface area contributed by atoms with Crippen molar-refractivity contribution >= 4 is 6.09 Å². The van der Waals surface area contributed by atoms with Gasteiger partial charge in [0.15, 0.2) is 0 Å². The average molecular weight is 231 g/mol. The number of hydrogen-bond donors (Lipinski definition) is 2. The summed E-state index contributed by atoms with van der Waals surface area (Å²) < 4.78 is 0. The Bertz CT molecular complexity index is 223. The summed E-state index contributed by atoms with van der Waals surface area (Å²) in [5, 5.41) is 18.6. The van der Waals surface area contributed by atoms with Crippen LogP contribution in [0.4, 0.5) is 4.79 Å². The molecule has 0 radical (unpaired) electrons. The largest absolute Gasteiger partial charge is 0.465 e. The number of nitrogens with zero attached hydrogens (tertiary/aromatic N) is 1. The second-order valence-electron chi connectivity index (χ2n) is 5.37. The van der Waals surface area contributed by atoms with Crippen LogP contribution in [0.2, 0.25) is 0 Å². The van der Waals surface area contributed by atoms with Crippen molar-refractivity contribution in [1.29, 1.82) is 0 Å². The Labute approximate surface area is 98.3 Å². The van der Waals surface area contributed by atoms with Gasteiger partial charge in [-0.1, -0.05) is 27.7 Å². The fraction of sp³-hybridized carbons (Fsp3) is 0.917. The van der Waals surface area contributed by atoms with Crippen molar-refractivity contribution in [3.05, 3.63) is 0 Å². The molecule has 0 aliphatic heterocycles. The van der Waals surface area contributed by atoms with Gasteiger partial charge >= 0.3 is 6.09 Å². The van der Waals surface area contributed by atoms with E-state index >= 15 is 0 Å². The van der Waals surface area contributed by atoms with E-state index in [1.165, 1.54) is 4.90 Å². The lowest BCUT2D eigenvalue weighted by Gasteiger charge is -2.36. The molecule has 1 amide bonds. The molecule has 0 aromatic carbocycles. The summed E-state index contributed by atoms with van der Waals surface area (Å²) in [5.74, 6) is 0. The first-order valence-corrected chi connectivity index (χ1v) is 5.87. The molecule has 4 nitrogen and oxygen atoms in total. The maximum Gasteiger partial charge on any atom is 0.407 e. The number of aliphatic hydroxyl groups is 1. The maximum absolute atomic E-state index is 11.1. The quantitative estimate of drug-likeness (QED) is 0.764. The van der Waals surface area contributed by atoms with Gasteiger partial charge in [-0.05, 0) is 25.2 Å². The molecule has 0 heterocycles. The fourth-order valence-electron chi connectivity index (χ4n) is 1.41. The Morgan fingerprint density at radius 3 is 2.19 bits per heavy atom. The van der Waals surface area contributed by atoms with Crippen LogP contribution < -0.4 is 0 Å². The number of amides is 1. The summed E-state index contributed by atoms with van der Waals surface area (Å²) in [5.41, 5.74) is -0.0877. The predicted octanol–water partition coefficient (Wildman–Crippen LogP) is 2.56. The Kier molecular flexibility index (Phi) is 5.79. The molecule has 0 spiro atoms. The zero-order chi connectivity index (χ0) is 12.9. The molecule has 2 unspecified atom stereocenters. The van der Waals surface area contributed by atoms with Gasteiger partial charge in [-0.2, -0.15) is 0 Å². The van der Waals surface area contributed by atoms with Gasteiger partial charge in [-0.25, -0.2) is 4.79 Å². The maximum atomic E-state index is 11.1.